The van der Waals surface area contributed by atoms with Gasteiger partial charge in [-0.3, -0.25) is 9.48 Å². The Morgan fingerprint density at radius 1 is 1.32 bits per heavy atom. The molecule has 0 radical (unpaired) electrons. The summed E-state index contributed by atoms with van der Waals surface area (Å²) >= 11 is 0. The van der Waals surface area contributed by atoms with Gasteiger partial charge >= 0.3 is 0 Å². The predicted octanol–water partition coefficient (Wildman–Crippen LogP) is 1.69. The quantitative estimate of drug-likeness (QED) is 0.850. The lowest BCUT2D eigenvalue weighted by Gasteiger charge is -2.41. The summed E-state index contributed by atoms with van der Waals surface area (Å²) in [5, 5.41) is 4.22. The molecular formula is C17H28N4O. The van der Waals surface area contributed by atoms with E-state index in [1.807, 2.05) is 17.9 Å². The van der Waals surface area contributed by atoms with E-state index in [0.717, 1.165) is 51.9 Å². The van der Waals surface area contributed by atoms with Crippen molar-refractivity contribution in [3.8, 4) is 0 Å². The van der Waals surface area contributed by atoms with E-state index in [1.54, 1.807) is 0 Å². The number of likely N-dealkylation sites (tertiary alicyclic amines) is 2. The highest BCUT2D eigenvalue weighted by atomic mass is 16.2. The number of nitrogens with zero attached hydrogens (tertiary/aromatic N) is 4. The highest BCUT2D eigenvalue weighted by Crippen LogP contribution is 2.40. The van der Waals surface area contributed by atoms with E-state index in [-0.39, 0.29) is 5.41 Å². The van der Waals surface area contributed by atoms with Gasteiger partial charge in [0.15, 0.2) is 0 Å². The van der Waals surface area contributed by atoms with Crippen molar-refractivity contribution in [2.45, 2.75) is 45.6 Å². The van der Waals surface area contributed by atoms with Crippen LogP contribution in [0.4, 0.5) is 0 Å². The number of aryl methyl sites for hydroxylation is 1. The molecule has 1 aromatic heterocycles. The van der Waals surface area contributed by atoms with E-state index in [0.29, 0.717) is 11.9 Å². The van der Waals surface area contributed by atoms with E-state index in [4.69, 9.17) is 0 Å². The maximum atomic E-state index is 12.9. The second kappa shape index (κ2) is 6.03. The van der Waals surface area contributed by atoms with Crippen LogP contribution >= 0.6 is 0 Å². The second-order valence-electron chi connectivity index (χ2n) is 7.27. The van der Waals surface area contributed by atoms with Crippen molar-refractivity contribution < 1.29 is 4.79 Å². The second-order valence-corrected chi connectivity index (χ2v) is 7.27. The number of amides is 1. The minimum Gasteiger partial charge on any atom is -0.340 e. The van der Waals surface area contributed by atoms with Gasteiger partial charge in [0.25, 0.3) is 0 Å². The van der Waals surface area contributed by atoms with E-state index in [2.05, 4.69) is 34.9 Å². The van der Waals surface area contributed by atoms with Crippen LogP contribution in [0.15, 0.2) is 12.4 Å². The number of hydrogen-bond acceptors (Lipinski definition) is 3. The summed E-state index contributed by atoms with van der Waals surface area (Å²) in [6.07, 6.45) is 8.29. The SMILES string of the molecule is CC(C)N1CCCC2(CCN(CCc3cnn(C)c3)C2)C1=O. The lowest BCUT2D eigenvalue weighted by molar-refractivity contribution is -0.147. The number of hydrogen-bond donors (Lipinski definition) is 0. The van der Waals surface area contributed by atoms with Crippen molar-refractivity contribution in [3.05, 3.63) is 18.0 Å². The van der Waals surface area contributed by atoms with E-state index >= 15 is 0 Å². The summed E-state index contributed by atoms with van der Waals surface area (Å²) in [5.74, 6) is 0.401. The third-order valence-electron chi connectivity index (χ3n) is 5.30. The molecule has 2 fully saturated rings. The molecule has 0 N–H and O–H groups in total. The first-order valence-corrected chi connectivity index (χ1v) is 8.51. The van der Waals surface area contributed by atoms with Crippen LogP contribution in [-0.2, 0) is 18.3 Å². The molecule has 1 atom stereocenters. The molecule has 1 unspecified atom stereocenters. The standard InChI is InChI=1S/C17H28N4O/c1-14(2)21-8-4-6-17(16(21)22)7-10-20(13-17)9-5-15-11-18-19(3)12-15/h11-12,14H,4-10,13H2,1-3H3. The third-order valence-corrected chi connectivity index (χ3v) is 5.30. The summed E-state index contributed by atoms with van der Waals surface area (Å²) in [7, 11) is 1.95. The van der Waals surface area contributed by atoms with Gasteiger partial charge in [-0.2, -0.15) is 5.10 Å². The number of carbonyl (C=O) groups excluding carboxylic acids is 1. The van der Waals surface area contributed by atoms with Crippen LogP contribution in [-0.4, -0.2) is 57.7 Å². The zero-order chi connectivity index (χ0) is 15.7. The molecule has 3 rings (SSSR count). The van der Waals surface area contributed by atoms with Crippen LogP contribution in [0, 0.1) is 5.41 Å². The first-order valence-electron chi connectivity index (χ1n) is 8.51. The molecule has 0 aromatic carbocycles. The molecule has 2 aliphatic rings. The van der Waals surface area contributed by atoms with Crippen LogP contribution in [0.5, 0.6) is 0 Å². The normalized spacial score (nSPS) is 26.5. The number of carbonyl (C=O) groups is 1. The topological polar surface area (TPSA) is 41.4 Å². The fraction of sp³-hybridized carbons (Fsp3) is 0.765. The first-order chi connectivity index (χ1) is 10.5. The zero-order valence-electron chi connectivity index (χ0n) is 14.1. The Labute approximate surface area is 133 Å². The van der Waals surface area contributed by atoms with Gasteiger partial charge in [-0.25, -0.2) is 0 Å². The molecule has 1 spiro atoms. The van der Waals surface area contributed by atoms with Gasteiger partial charge in [0, 0.05) is 38.9 Å². The Kier molecular flexibility index (Phi) is 4.26. The Balaban J connectivity index is 1.59. The monoisotopic (exact) mass is 304 g/mol. The minimum atomic E-state index is -0.0997. The van der Waals surface area contributed by atoms with Crippen molar-refractivity contribution >= 4 is 5.91 Å². The maximum Gasteiger partial charge on any atom is 0.230 e. The lowest BCUT2D eigenvalue weighted by atomic mass is 9.78. The average Bonchev–Trinajstić information content (AvgIpc) is 3.07. The Hall–Kier alpha value is -1.36. The fourth-order valence-corrected chi connectivity index (χ4v) is 4.01. The first kappa shape index (κ1) is 15.5. The van der Waals surface area contributed by atoms with Crippen molar-refractivity contribution in [3.63, 3.8) is 0 Å². The molecule has 1 amide bonds. The largest absolute Gasteiger partial charge is 0.340 e. The summed E-state index contributed by atoms with van der Waals surface area (Å²) < 4.78 is 1.85. The molecule has 0 bridgehead atoms. The highest BCUT2D eigenvalue weighted by Gasteiger charge is 2.48. The van der Waals surface area contributed by atoms with E-state index < -0.39 is 0 Å². The highest BCUT2D eigenvalue weighted by molar-refractivity contribution is 5.84. The smallest absolute Gasteiger partial charge is 0.230 e. The van der Waals surface area contributed by atoms with Gasteiger partial charge in [0.2, 0.25) is 5.91 Å². The molecule has 1 aromatic rings. The number of rotatable bonds is 4. The van der Waals surface area contributed by atoms with Gasteiger partial charge in [0.1, 0.15) is 0 Å². The van der Waals surface area contributed by atoms with Gasteiger partial charge in [0.05, 0.1) is 11.6 Å². The molecule has 0 saturated carbocycles. The molecule has 0 aliphatic carbocycles. The summed E-state index contributed by atoms with van der Waals surface area (Å²) in [5.41, 5.74) is 1.18. The molecule has 3 heterocycles. The van der Waals surface area contributed by atoms with Crippen LogP contribution in [0.1, 0.15) is 38.7 Å². The predicted molar refractivity (Wildman–Crippen MR) is 86.5 cm³/mol. The van der Waals surface area contributed by atoms with E-state index in [9.17, 15) is 4.79 Å². The molecular weight excluding hydrogens is 276 g/mol. The summed E-state index contributed by atoms with van der Waals surface area (Å²) in [6.45, 7) is 8.22. The van der Waals surface area contributed by atoms with Crippen LogP contribution in [0.2, 0.25) is 0 Å². The molecule has 2 aliphatic heterocycles. The molecule has 5 nitrogen and oxygen atoms in total. The van der Waals surface area contributed by atoms with Crippen molar-refractivity contribution in [2.75, 3.05) is 26.2 Å². The Morgan fingerprint density at radius 2 is 2.14 bits per heavy atom. The van der Waals surface area contributed by atoms with Gasteiger partial charge in [-0.05, 0) is 51.6 Å². The maximum absolute atomic E-state index is 12.9. The van der Waals surface area contributed by atoms with Gasteiger partial charge < -0.3 is 9.80 Å². The number of aromatic nitrogens is 2. The molecule has 5 heteroatoms. The third kappa shape index (κ3) is 2.91. The Bertz CT molecular complexity index is 539. The zero-order valence-corrected chi connectivity index (χ0v) is 14.1. The lowest BCUT2D eigenvalue weighted by Crippen LogP contribution is -2.52. The van der Waals surface area contributed by atoms with E-state index in [1.165, 1.54) is 5.56 Å². The summed E-state index contributed by atoms with van der Waals surface area (Å²) in [6, 6.07) is 0.328. The van der Waals surface area contributed by atoms with Crippen LogP contribution < -0.4 is 0 Å². The van der Waals surface area contributed by atoms with Crippen LogP contribution in [0.25, 0.3) is 0 Å². The van der Waals surface area contributed by atoms with Crippen molar-refractivity contribution in [1.29, 1.82) is 0 Å². The molecule has 2 saturated heterocycles. The van der Waals surface area contributed by atoms with Crippen molar-refractivity contribution in [2.24, 2.45) is 12.5 Å². The van der Waals surface area contributed by atoms with Gasteiger partial charge in [-0.15, -0.1) is 0 Å². The average molecular weight is 304 g/mol. The Morgan fingerprint density at radius 3 is 2.82 bits per heavy atom. The van der Waals surface area contributed by atoms with Crippen molar-refractivity contribution in [1.82, 2.24) is 19.6 Å². The molecule has 122 valence electrons. The van der Waals surface area contributed by atoms with Gasteiger partial charge in [-0.1, -0.05) is 0 Å². The molecule has 22 heavy (non-hydrogen) atoms. The number of piperidine rings is 1. The fourth-order valence-electron chi connectivity index (χ4n) is 4.01. The summed E-state index contributed by atoms with van der Waals surface area (Å²) in [4.78, 5) is 17.5. The minimum absolute atomic E-state index is 0.0997. The van der Waals surface area contributed by atoms with Crippen LogP contribution in [0.3, 0.4) is 0 Å².